The molecule has 0 spiro atoms. The van der Waals surface area contributed by atoms with Crippen LogP contribution in [0, 0.1) is 17.8 Å². The molecule has 1 aromatic carbocycles. The molecule has 2 bridgehead atoms. The number of carbonyl (C=O) groups excluding carboxylic acids is 2. The van der Waals surface area contributed by atoms with Crippen molar-refractivity contribution in [2.45, 2.75) is 38.1 Å². The van der Waals surface area contributed by atoms with Gasteiger partial charge in [-0.25, -0.2) is 0 Å². The van der Waals surface area contributed by atoms with Gasteiger partial charge in [0.1, 0.15) is 0 Å². The minimum atomic E-state index is -0.181. The molecule has 2 unspecified atom stereocenters. The number of hydrogen-bond donors (Lipinski definition) is 2. The van der Waals surface area contributed by atoms with Gasteiger partial charge in [0, 0.05) is 31.7 Å². The van der Waals surface area contributed by atoms with E-state index < -0.39 is 0 Å². The molecule has 0 radical (unpaired) electrons. The SMILES string of the molecule is CN(C)C(=O)c1cc(NC(=O)C2CC3CCCC(C2)C3N)ccc1Cl. The first-order chi connectivity index (χ1) is 11.9. The third-order valence-electron chi connectivity index (χ3n) is 5.65. The topological polar surface area (TPSA) is 75.4 Å². The van der Waals surface area contributed by atoms with E-state index in [4.69, 9.17) is 17.3 Å². The number of nitrogens with zero attached hydrogens (tertiary/aromatic N) is 1. The number of amides is 2. The van der Waals surface area contributed by atoms with Crippen LogP contribution in [0.5, 0.6) is 0 Å². The molecule has 2 aliphatic carbocycles. The Hall–Kier alpha value is -1.59. The van der Waals surface area contributed by atoms with Crippen LogP contribution in [0.1, 0.15) is 42.5 Å². The van der Waals surface area contributed by atoms with Crippen molar-refractivity contribution in [3.05, 3.63) is 28.8 Å². The Balaban J connectivity index is 1.71. The van der Waals surface area contributed by atoms with Gasteiger partial charge in [-0.15, -0.1) is 0 Å². The number of benzene rings is 1. The fourth-order valence-corrected chi connectivity index (χ4v) is 4.45. The number of nitrogens with one attached hydrogen (secondary N) is 1. The lowest BCUT2D eigenvalue weighted by molar-refractivity contribution is -0.122. The van der Waals surface area contributed by atoms with Crippen molar-refractivity contribution >= 4 is 29.1 Å². The summed E-state index contributed by atoms with van der Waals surface area (Å²) in [6, 6.07) is 5.29. The second-order valence-corrected chi connectivity index (χ2v) is 7.99. The van der Waals surface area contributed by atoms with Gasteiger partial charge >= 0.3 is 0 Å². The molecule has 0 aliphatic heterocycles. The first kappa shape index (κ1) is 18.2. The summed E-state index contributed by atoms with van der Waals surface area (Å²) >= 11 is 6.13. The lowest BCUT2D eigenvalue weighted by Crippen LogP contribution is -2.48. The maximum absolute atomic E-state index is 12.7. The van der Waals surface area contributed by atoms with Gasteiger partial charge in [0.25, 0.3) is 5.91 Å². The van der Waals surface area contributed by atoms with E-state index in [1.54, 1.807) is 32.3 Å². The standard InChI is InChI=1S/C19H26ClN3O2/c1-23(2)19(25)15-10-14(6-7-16(15)20)22-18(24)13-8-11-4-3-5-12(9-13)17(11)21/h6-7,10-13,17H,3-5,8-9,21H2,1-2H3,(H,22,24). The van der Waals surface area contributed by atoms with Gasteiger partial charge in [-0.2, -0.15) is 0 Å². The molecule has 2 saturated carbocycles. The first-order valence-electron chi connectivity index (χ1n) is 8.94. The molecule has 3 N–H and O–H groups in total. The van der Waals surface area contributed by atoms with Crippen molar-refractivity contribution in [1.82, 2.24) is 4.90 Å². The summed E-state index contributed by atoms with van der Waals surface area (Å²) in [6.45, 7) is 0. The third kappa shape index (κ3) is 3.82. The van der Waals surface area contributed by atoms with Crippen LogP contribution in [-0.4, -0.2) is 36.9 Å². The molecule has 2 fully saturated rings. The highest BCUT2D eigenvalue weighted by molar-refractivity contribution is 6.34. The van der Waals surface area contributed by atoms with Gasteiger partial charge in [0.15, 0.2) is 0 Å². The Kier molecular flexibility index (Phi) is 5.35. The van der Waals surface area contributed by atoms with E-state index in [9.17, 15) is 9.59 Å². The molecule has 3 rings (SSSR count). The van der Waals surface area contributed by atoms with Crippen molar-refractivity contribution < 1.29 is 9.59 Å². The monoisotopic (exact) mass is 363 g/mol. The molecular formula is C19H26ClN3O2. The molecule has 1 aromatic rings. The van der Waals surface area contributed by atoms with Crippen LogP contribution in [-0.2, 0) is 4.79 Å². The average Bonchev–Trinajstić information content (AvgIpc) is 2.55. The molecule has 0 aromatic heterocycles. The largest absolute Gasteiger partial charge is 0.345 e. The van der Waals surface area contributed by atoms with E-state index in [0.717, 1.165) is 25.7 Å². The van der Waals surface area contributed by atoms with Crippen LogP contribution in [0.25, 0.3) is 0 Å². The Labute approximate surface area is 153 Å². The van der Waals surface area contributed by atoms with Crippen LogP contribution in [0.15, 0.2) is 18.2 Å². The molecule has 5 nitrogen and oxygen atoms in total. The first-order valence-corrected chi connectivity index (χ1v) is 9.32. The van der Waals surface area contributed by atoms with Gasteiger partial charge in [-0.3, -0.25) is 9.59 Å². The summed E-state index contributed by atoms with van der Waals surface area (Å²) in [5.74, 6) is 0.756. The lowest BCUT2D eigenvalue weighted by atomic mass is 9.65. The molecule has 2 atom stereocenters. The van der Waals surface area contributed by atoms with E-state index in [2.05, 4.69) is 5.32 Å². The van der Waals surface area contributed by atoms with Gasteiger partial charge in [-0.05, 0) is 55.7 Å². The van der Waals surface area contributed by atoms with Gasteiger partial charge in [0.05, 0.1) is 10.6 Å². The quantitative estimate of drug-likeness (QED) is 0.866. The summed E-state index contributed by atoms with van der Waals surface area (Å²) in [5, 5.41) is 3.35. The fourth-order valence-electron chi connectivity index (χ4n) is 4.26. The van der Waals surface area contributed by atoms with Crippen molar-refractivity contribution in [3.63, 3.8) is 0 Å². The number of anilines is 1. The van der Waals surface area contributed by atoms with Gasteiger partial charge < -0.3 is 16.0 Å². The number of fused-ring (bicyclic) bond motifs is 2. The van der Waals surface area contributed by atoms with E-state index in [-0.39, 0.29) is 23.8 Å². The predicted octanol–water partition coefficient (Wildman–Crippen LogP) is 3.13. The van der Waals surface area contributed by atoms with Crippen LogP contribution in [0.4, 0.5) is 5.69 Å². The highest BCUT2D eigenvalue weighted by atomic mass is 35.5. The van der Waals surface area contributed by atoms with E-state index in [0.29, 0.717) is 28.1 Å². The molecule has 2 aliphatic rings. The number of hydrogen-bond acceptors (Lipinski definition) is 3. The summed E-state index contributed by atoms with van der Waals surface area (Å²) in [6.07, 6.45) is 5.21. The van der Waals surface area contributed by atoms with Gasteiger partial charge in [0.2, 0.25) is 5.91 Å². The van der Waals surface area contributed by atoms with Crippen molar-refractivity contribution in [2.24, 2.45) is 23.5 Å². The third-order valence-corrected chi connectivity index (χ3v) is 5.98. The molecule has 2 amide bonds. The number of nitrogens with two attached hydrogens (primary N) is 1. The Morgan fingerprint density at radius 1 is 1.20 bits per heavy atom. The minimum absolute atomic E-state index is 0.00113. The summed E-state index contributed by atoms with van der Waals surface area (Å²) in [5.41, 5.74) is 7.31. The molecule has 0 saturated heterocycles. The normalized spacial score (nSPS) is 28.3. The maximum atomic E-state index is 12.7. The van der Waals surface area contributed by atoms with Crippen molar-refractivity contribution in [3.8, 4) is 0 Å². The summed E-state index contributed by atoms with van der Waals surface area (Å²) in [7, 11) is 3.35. The molecule has 0 heterocycles. The van der Waals surface area contributed by atoms with E-state index >= 15 is 0 Å². The predicted molar refractivity (Wildman–Crippen MR) is 99.6 cm³/mol. The molecule has 136 valence electrons. The maximum Gasteiger partial charge on any atom is 0.254 e. The Bertz CT molecular complexity index is 663. The summed E-state index contributed by atoms with van der Waals surface area (Å²) < 4.78 is 0. The zero-order valence-electron chi connectivity index (χ0n) is 14.8. The van der Waals surface area contributed by atoms with Crippen molar-refractivity contribution in [2.75, 3.05) is 19.4 Å². The smallest absolute Gasteiger partial charge is 0.254 e. The lowest BCUT2D eigenvalue weighted by Gasteiger charge is -2.43. The minimum Gasteiger partial charge on any atom is -0.345 e. The Morgan fingerprint density at radius 2 is 1.84 bits per heavy atom. The molecule has 6 heteroatoms. The van der Waals surface area contributed by atoms with Crippen LogP contribution in [0.3, 0.4) is 0 Å². The van der Waals surface area contributed by atoms with Crippen LogP contribution < -0.4 is 11.1 Å². The number of rotatable bonds is 3. The van der Waals surface area contributed by atoms with Crippen LogP contribution >= 0.6 is 11.6 Å². The fraction of sp³-hybridized carbons (Fsp3) is 0.579. The van der Waals surface area contributed by atoms with Crippen LogP contribution in [0.2, 0.25) is 5.02 Å². The summed E-state index contributed by atoms with van der Waals surface area (Å²) in [4.78, 5) is 26.4. The zero-order chi connectivity index (χ0) is 18.1. The van der Waals surface area contributed by atoms with Crippen molar-refractivity contribution in [1.29, 1.82) is 0 Å². The van der Waals surface area contributed by atoms with E-state index in [1.165, 1.54) is 11.3 Å². The number of carbonyl (C=O) groups is 2. The van der Waals surface area contributed by atoms with E-state index in [1.807, 2.05) is 0 Å². The van der Waals surface area contributed by atoms with Gasteiger partial charge in [-0.1, -0.05) is 18.0 Å². The average molecular weight is 364 g/mol. The second-order valence-electron chi connectivity index (χ2n) is 7.58. The number of halogens is 1. The Morgan fingerprint density at radius 3 is 2.44 bits per heavy atom. The second kappa shape index (κ2) is 7.34. The molecular weight excluding hydrogens is 338 g/mol. The highest BCUT2D eigenvalue weighted by Crippen LogP contribution is 2.42. The zero-order valence-corrected chi connectivity index (χ0v) is 15.6. The highest BCUT2D eigenvalue weighted by Gasteiger charge is 2.40. The molecule has 25 heavy (non-hydrogen) atoms.